The van der Waals surface area contributed by atoms with E-state index < -0.39 is 31.6 Å². The maximum atomic E-state index is 16.2. The van der Waals surface area contributed by atoms with E-state index >= 15 is 4.11 Å². The lowest BCUT2D eigenvalue weighted by atomic mass is 9.82. The molecule has 1 spiro atoms. The molecule has 47 heavy (non-hydrogen) atoms. The molecule has 0 aliphatic carbocycles. The molecular weight excluding hydrogens is 683 g/mol. The summed E-state index contributed by atoms with van der Waals surface area (Å²) in [5.74, 6) is -0.979. The van der Waals surface area contributed by atoms with E-state index in [-0.39, 0.29) is 43.0 Å². The molecule has 246 valence electrons. The summed E-state index contributed by atoms with van der Waals surface area (Å²) in [5.41, 5.74) is 1.40. The summed E-state index contributed by atoms with van der Waals surface area (Å²) in [7, 11) is -3.45. The van der Waals surface area contributed by atoms with Crippen molar-refractivity contribution in [2.24, 2.45) is 5.92 Å². The molecule has 2 saturated heterocycles. The molecule has 0 bridgehead atoms. The lowest BCUT2D eigenvalue weighted by Crippen LogP contribution is -2.45. The molecule has 4 aromatic rings. The summed E-state index contributed by atoms with van der Waals surface area (Å²) in [5, 5.41) is 13.6. The molecule has 2 fully saturated rings. The van der Waals surface area contributed by atoms with Crippen molar-refractivity contribution in [1.29, 1.82) is 0 Å². The first-order chi connectivity index (χ1) is 22.4. The fourth-order valence-electron chi connectivity index (χ4n) is 8.19. The molecule has 0 radical (unpaired) electrons. The number of halogens is 2. The van der Waals surface area contributed by atoms with E-state index in [0.29, 0.717) is 28.9 Å². The average Bonchev–Trinajstić information content (AvgIpc) is 3.78. The van der Waals surface area contributed by atoms with Gasteiger partial charge in [-0.05, 0) is 74.0 Å². The van der Waals surface area contributed by atoms with Gasteiger partial charge in [0.1, 0.15) is 0 Å². The second-order valence-corrected chi connectivity index (χ2v) is 18.3. The number of amides is 2. The van der Waals surface area contributed by atoms with Gasteiger partial charge in [-0.2, -0.15) is 0 Å². The predicted molar refractivity (Wildman–Crippen MR) is 184 cm³/mol. The van der Waals surface area contributed by atoms with Crippen LogP contribution in [0.5, 0.6) is 0 Å². The number of aromatic nitrogens is 2. The number of aliphatic hydroxyl groups is 1. The van der Waals surface area contributed by atoms with E-state index in [4.69, 9.17) is 4.74 Å². The van der Waals surface area contributed by atoms with Crippen LogP contribution in [0.3, 0.4) is 0 Å². The summed E-state index contributed by atoms with van der Waals surface area (Å²) < 4.78 is 25.3. The number of carbonyl (C=O) groups is 2. The average molecular weight is 722 g/mol. The number of likely N-dealkylation sites (tertiary alicyclic amines) is 1. The number of fused-ring (bicyclic) bond motifs is 3. The number of hydrogen-bond donors (Lipinski definition) is 2. The van der Waals surface area contributed by atoms with Crippen LogP contribution in [-0.4, -0.2) is 65.3 Å². The third kappa shape index (κ3) is 5.20. The molecule has 0 unspecified atom stereocenters. The van der Waals surface area contributed by atoms with Crippen molar-refractivity contribution in [3.05, 3.63) is 92.7 Å². The Labute approximate surface area is 281 Å². The Bertz CT molecular complexity index is 1920. The molecule has 12 heteroatoms. The number of aromatic amines is 1. The minimum Gasteiger partial charge on any atom is -0.394 e. The van der Waals surface area contributed by atoms with Crippen molar-refractivity contribution < 1.29 is 23.5 Å². The normalized spacial score (nSPS) is 25.8. The van der Waals surface area contributed by atoms with E-state index in [9.17, 15) is 19.5 Å². The van der Waals surface area contributed by atoms with Crippen LogP contribution < -0.4 is 10.5 Å². The number of benzene rings is 3. The van der Waals surface area contributed by atoms with E-state index in [2.05, 4.69) is 21.0 Å². The van der Waals surface area contributed by atoms with Crippen molar-refractivity contribution in [2.75, 3.05) is 18.1 Å². The van der Waals surface area contributed by atoms with E-state index in [0.717, 1.165) is 28.4 Å². The maximum absolute atomic E-state index is 16.2. The highest BCUT2D eigenvalue weighted by Crippen LogP contribution is 2.60. The van der Waals surface area contributed by atoms with Crippen LogP contribution in [0, 0.1) is 5.92 Å². The fraction of sp³-hybridized carbons (Fsp3) is 0.400. The van der Waals surface area contributed by atoms with Crippen LogP contribution in [0.4, 0.5) is 9.80 Å². The lowest BCUT2D eigenvalue weighted by molar-refractivity contribution is -0.150. The molecule has 2 N–H and O–H groups in total. The molecular formula is C35H38BrFN4O5Si. The number of rotatable bonds is 7. The van der Waals surface area contributed by atoms with Crippen LogP contribution in [0.2, 0.25) is 18.6 Å². The molecule has 4 heterocycles. The minimum atomic E-state index is -3.45. The number of H-pyrrole nitrogens is 1. The van der Waals surface area contributed by atoms with Crippen LogP contribution >= 0.6 is 15.9 Å². The zero-order valence-electron chi connectivity index (χ0n) is 26.6. The Hall–Kier alpha value is -3.58. The SMILES string of the molecule is C[C@H]1[C@H]([Si](C)(C)F)[C@@H](CC(=O)N2CCC[C@H]2CO)O[C@]12C(=O)N(Cc1ccc(-n3[nH]c4ccccc4c3=O)cc1)c1ccc(Br)cc12. The maximum Gasteiger partial charge on any atom is 0.279 e. The van der Waals surface area contributed by atoms with Gasteiger partial charge in [-0.15, -0.1) is 0 Å². The molecule has 1 aromatic heterocycles. The van der Waals surface area contributed by atoms with Crippen LogP contribution in [0.25, 0.3) is 16.6 Å². The zero-order valence-corrected chi connectivity index (χ0v) is 29.2. The predicted octanol–water partition coefficient (Wildman–Crippen LogP) is 5.78. The second-order valence-electron chi connectivity index (χ2n) is 13.6. The highest BCUT2D eigenvalue weighted by Gasteiger charge is 2.67. The highest BCUT2D eigenvalue weighted by atomic mass is 79.9. The van der Waals surface area contributed by atoms with Crippen molar-refractivity contribution in [1.82, 2.24) is 14.7 Å². The zero-order chi connectivity index (χ0) is 33.2. The Kier molecular flexibility index (Phi) is 8.05. The number of para-hydroxylation sites is 1. The molecule has 0 saturated carbocycles. The van der Waals surface area contributed by atoms with Gasteiger partial charge in [0.15, 0.2) is 5.60 Å². The molecule has 7 rings (SSSR count). The Morgan fingerprint density at radius 2 is 1.87 bits per heavy atom. The number of nitrogens with zero attached hydrogens (tertiary/aromatic N) is 3. The van der Waals surface area contributed by atoms with Crippen molar-refractivity contribution >= 4 is 52.7 Å². The van der Waals surface area contributed by atoms with E-state index in [1.165, 1.54) is 4.68 Å². The third-order valence-corrected chi connectivity index (χ3v) is 13.3. The largest absolute Gasteiger partial charge is 0.394 e. The number of carbonyl (C=O) groups excluding carboxylic acids is 2. The number of nitrogens with one attached hydrogen (secondary N) is 1. The molecule has 5 atom stereocenters. The van der Waals surface area contributed by atoms with Gasteiger partial charge in [-0.25, -0.2) is 4.68 Å². The van der Waals surface area contributed by atoms with E-state index in [1.807, 2.05) is 67.6 Å². The monoisotopic (exact) mass is 720 g/mol. The smallest absolute Gasteiger partial charge is 0.279 e. The Morgan fingerprint density at radius 3 is 2.57 bits per heavy atom. The first kappa shape index (κ1) is 32.0. The standard InChI is InChI=1S/C35H38BrFN4O5Si/c1-21-32(47(2,3)37)30(18-31(43)39-16-6-7-25(39)20-42)46-35(21)27-17-23(36)12-15-29(27)40(34(35)45)19-22-10-13-24(14-11-22)41-33(44)26-8-4-5-9-28(26)38-41/h4-5,8-15,17,21,25,30,32,38,42H,6-7,16,18-20H2,1-3H3/t21-,25-,30+,32-,35+/m0/s1. The highest BCUT2D eigenvalue weighted by molar-refractivity contribution is 9.10. The molecule has 3 aromatic carbocycles. The van der Waals surface area contributed by atoms with Gasteiger partial charge in [-0.1, -0.05) is 47.1 Å². The summed E-state index contributed by atoms with van der Waals surface area (Å²) in [6.45, 7) is 5.81. The number of anilines is 1. The number of hydrogen-bond acceptors (Lipinski definition) is 5. The summed E-state index contributed by atoms with van der Waals surface area (Å²) in [6.07, 6.45) is 0.714. The second kappa shape index (κ2) is 11.8. The molecule has 9 nitrogen and oxygen atoms in total. The van der Waals surface area contributed by atoms with Crippen molar-refractivity contribution in [3.63, 3.8) is 0 Å². The summed E-state index contributed by atoms with van der Waals surface area (Å²) in [4.78, 5) is 44.6. The fourth-order valence-corrected chi connectivity index (χ4v) is 11.0. The van der Waals surface area contributed by atoms with Gasteiger partial charge < -0.3 is 23.8 Å². The van der Waals surface area contributed by atoms with Gasteiger partial charge in [0.2, 0.25) is 14.3 Å². The van der Waals surface area contributed by atoms with Gasteiger partial charge in [0.25, 0.3) is 11.5 Å². The summed E-state index contributed by atoms with van der Waals surface area (Å²) >= 11 is 3.57. The Balaban J connectivity index is 1.21. The minimum absolute atomic E-state index is 0.0428. The topological polar surface area (TPSA) is 108 Å². The first-order valence-electron chi connectivity index (χ1n) is 16.1. The van der Waals surface area contributed by atoms with E-state index in [1.54, 1.807) is 29.0 Å². The van der Waals surface area contributed by atoms with Gasteiger partial charge in [0, 0.05) is 28.0 Å². The van der Waals surface area contributed by atoms with Crippen LogP contribution in [0.1, 0.15) is 37.3 Å². The van der Waals surface area contributed by atoms with Crippen molar-refractivity contribution in [2.45, 2.75) is 69.1 Å². The number of ether oxygens (including phenoxy) is 1. The molecule has 3 aliphatic heterocycles. The molecule has 2 amide bonds. The number of aliphatic hydroxyl groups excluding tert-OH is 1. The summed E-state index contributed by atoms with van der Waals surface area (Å²) in [6, 6.07) is 20.2. The van der Waals surface area contributed by atoms with Gasteiger partial charge in [0.05, 0.1) is 54.0 Å². The molecule has 3 aliphatic rings. The lowest BCUT2D eigenvalue weighted by Gasteiger charge is -2.31. The first-order valence-corrected chi connectivity index (χ1v) is 19.9. The van der Waals surface area contributed by atoms with Crippen molar-refractivity contribution in [3.8, 4) is 5.69 Å². The third-order valence-electron chi connectivity index (χ3n) is 10.3. The van der Waals surface area contributed by atoms with Gasteiger partial charge >= 0.3 is 0 Å². The Morgan fingerprint density at radius 1 is 1.13 bits per heavy atom. The van der Waals surface area contributed by atoms with Crippen LogP contribution in [-0.2, 0) is 26.5 Å². The van der Waals surface area contributed by atoms with Crippen LogP contribution in [0.15, 0.2) is 76.0 Å². The quantitative estimate of drug-likeness (QED) is 0.186. The van der Waals surface area contributed by atoms with Gasteiger partial charge in [-0.3, -0.25) is 19.5 Å².